The van der Waals surface area contributed by atoms with Crippen LogP contribution in [-0.4, -0.2) is 21.6 Å². The van der Waals surface area contributed by atoms with E-state index in [-0.39, 0.29) is 4.90 Å². The molecular formula is C19H26N2O3S. The average molecular weight is 362 g/mol. The van der Waals surface area contributed by atoms with E-state index in [2.05, 4.69) is 24.4 Å². The molecule has 0 aliphatic carbocycles. The third-order valence-electron chi connectivity index (χ3n) is 3.86. The van der Waals surface area contributed by atoms with Gasteiger partial charge in [0.1, 0.15) is 5.75 Å². The lowest BCUT2D eigenvalue weighted by molar-refractivity contribution is 0.309. The third kappa shape index (κ3) is 6.86. The van der Waals surface area contributed by atoms with Gasteiger partial charge in [0.25, 0.3) is 0 Å². The molecule has 0 bridgehead atoms. The molecule has 0 aliphatic heterocycles. The lowest BCUT2D eigenvalue weighted by Crippen LogP contribution is -2.17. The van der Waals surface area contributed by atoms with Gasteiger partial charge < -0.3 is 10.1 Å². The highest BCUT2D eigenvalue weighted by atomic mass is 32.2. The van der Waals surface area contributed by atoms with Crippen molar-refractivity contribution in [1.82, 2.24) is 5.32 Å². The molecule has 0 radical (unpaired) electrons. The summed E-state index contributed by atoms with van der Waals surface area (Å²) in [5.41, 5.74) is 2.27. The van der Waals surface area contributed by atoms with Crippen LogP contribution in [0.1, 0.15) is 30.9 Å². The van der Waals surface area contributed by atoms with Crippen molar-refractivity contribution >= 4 is 10.0 Å². The van der Waals surface area contributed by atoms with E-state index in [0.717, 1.165) is 50.3 Å². The topological polar surface area (TPSA) is 81.4 Å². The largest absolute Gasteiger partial charge is 0.494 e. The number of sulfonamides is 1. The Morgan fingerprint density at radius 2 is 1.64 bits per heavy atom. The van der Waals surface area contributed by atoms with Gasteiger partial charge in [-0.1, -0.05) is 37.6 Å². The number of nitrogens with two attached hydrogens (primary N) is 1. The minimum atomic E-state index is -3.62. The van der Waals surface area contributed by atoms with E-state index < -0.39 is 10.0 Å². The summed E-state index contributed by atoms with van der Waals surface area (Å²) in [5, 5.41) is 8.47. The van der Waals surface area contributed by atoms with E-state index >= 15 is 0 Å². The first-order valence-corrected chi connectivity index (χ1v) is 10.1. The first-order chi connectivity index (χ1) is 12.0. The second kappa shape index (κ2) is 9.56. The van der Waals surface area contributed by atoms with Crippen LogP contribution in [-0.2, 0) is 23.0 Å². The van der Waals surface area contributed by atoms with Crippen LogP contribution in [0.25, 0.3) is 0 Å². The summed E-state index contributed by atoms with van der Waals surface area (Å²) in [6, 6.07) is 14.8. The Morgan fingerprint density at radius 3 is 2.24 bits per heavy atom. The van der Waals surface area contributed by atoms with Crippen LogP contribution < -0.4 is 15.2 Å². The summed E-state index contributed by atoms with van der Waals surface area (Å²) in [4.78, 5) is 0.144. The highest BCUT2D eigenvalue weighted by Gasteiger charge is 2.06. The van der Waals surface area contributed by atoms with Crippen LogP contribution >= 0.6 is 0 Å². The molecule has 3 N–H and O–H groups in total. The zero-order chi connectivity index (χ0) is 18.1. The van der Waals surface area contributed by atoms with Crippen molar-refractivity contribution in [3.8, 4) is 5.75 Å². The molecule has 0 unspecified atom stereocenters. The van der Waals surface area contributed by atoms with Crippen molar-refractivity contribution in [1.29, 1.82) is 0 Å². The van der Waals surface area contributed by atoms with Gasteiger partial charge in [-0.15, -0.1) is 0 Å². The molecule has 25 heavy (non-hydrogen) atoms. The van der Waals surface area contributed by atoms with Gasteiger partial charge in [0.2, 0.25) is 10.0 Å². The number of hydrogen-bond acceptors (Lipinski definition) is 4. The predicted molar refractivity (Wildman–Crippen MR) is 100 cm³/mol. The number of benzene rings is 2. The highest BCUT2D eigenvalue weighted by molar-refractivity contribution is 7.89. The van der Waals surface area contributed by atoms with Crippen LogP contribution in [0.2, 0.25) is 0 Å². The van der Waals surface area contributed by atoms with E-state index in [1.54, 1.807) is 24.3 Å². The molecule has 0 aromatic heterocycles. The van der Waals surface area contributed by atoms with Crippen molar-refractivity contribution in [2.45, 2.75) is 37.6 Å². The van der Waals surface area contributed by atoms with Gasteiger partial charge in [-0.3, -0.25) is 0 Å². The van der Waals surface area contributed by atoms with Crippen LogP contribution in [0.15, 0.2) is 53.4 Å². The lowest BCUT2D eigenvalue weighted by atomic mass is 10.1. The minimum Gasteiger partial charge on any atom is -0.494 e. The summed E-state index contributed by atoms with van der Waals surface area (Å²) in [6.45, 7) is 4.50. The second-order valence-corrected chi connectivity index (χ2v) is 7.52. The number of ether oxygens (including phenoxy) is 1. The number of nitrogens with one attached hydrogen (secondary N) is 1. The molecule has 0 atom stereocenters. The Kier molecular flexibility index (Phi) is 7.43. The Hall–Kier alpha value is -1.89. The monoisotopic (exact) mass is 362 g/mol. The van der Waals surface area contributed by atoms with Gasteiger partial charge in [-0.05, 0) is 54.8 Å². The summed E-state index contributed by atoms with van der Waals surface area (Å²) in [5.74, 6) is 0.909. The number of unbranched alkanes of at least 4 members (excludes halogenated alkanes) is 1. The first-order valence-electron chi connectivity index (χ1n) is 8.53. The van der Waals surface area contributed by atoms with Gasteiger partial charge in [0.15, 0.2) is 0 Å². The molecule has 2 rings (SSSR count). The van der Waals surface area contributed by atoms with E-state index in [0.29, 0.717) is 0 Å². The number of primary sulfonamides is 1. The maximum atomic E-state index is 11.2. The van der Waals surface area contributed by atoms with Crippen molar-refractivity contribution in [2.75, 3.05) is 13.2 Å². The standard InChI is InChI=1S/C19H26N2O3S/c1-2-3-14-24-18-8-4-17(5-9-18)15-21-13-12-16-6-10-19(11-7-16)25(20,22)23/h4-11,21H,2-3,12-15H2,1H3,(H2,20,22,23). The van der Waals surface area contributed by atoms with Gasteiger partial charge in [-0.2, -0.15) is 0 Å². The summed E-state index contributed by atoms with van der Waals surface area (Å²) in [6.07, 6.45) is 3.03. The molecule has 6 heteroatoms. The predicted octanol–water partition coefficient (Wildman–Crippen LogP) is 2.85. The van der Waals surface area contributed by atoms with Gasteiger partial charge in [0.05, 0.1) is 11.5 Å². The fourth-order valence-electron chi connectivity index (χ4n) is 2.35. The molecule has 5 nitrogen and oxygen atoms in total. The first kappa shape index (κ1) is 19.4. The molecule has 136 valence electrons. The van der Waals surface area contributed by atoms with Crippen molar-refractivity contribution in [3.05, 3.63) is 59.7 Å². The smallest absolute Gasteiger partial charge is 0.238 e. The third-order valence-corrected chi connectivity index (χ3v) is 4.79. The van der Waals surface area contributed by atoms with Gasteiger partial charge >= 0.3 is 0 Å². The normalized spacial score (nSPS) is 11.4. The highest BCUT2D eigenvalue weighted by Crippen LogP contribution is 2.13. The fourth-order valence-corrected chi connectivity index (χ4v) is 2.86. The van der Waals surface area contributed by atoms with E-state index in [9.17, 15) is 8.42 Å². The molecule has 0 spiro atoms. The van der Waals surface area contributed by atoms with Crippen molar-refractivity contribution < 1.29 is 13.2 Å². The summed E-state index contributed by atoms with van der Waals surface area (Å²) >= 11 is 0. The van der Waals surface area contributed by atoms with Crippen molar-refractivity contribution in [2.24, 2.45) is 5.14 Å². The van der Waals surface area contributed by atoms with E-state index in [4.69, 9.17) is 9.88 Å². The fraction of sp³-hybridized carbons (Fsp3) is 0.368. The van der Waals surface area contributed by atoms with Crippen molar-refractivity contribution in [3.63, 3.8) is 0 Å². The Bertz CT molecular complexity index is 741. The van der Waals surface area contributed by atoms with E-state index in [1.807, 2.05) is 12.1 Å². The van der Waals surface area contributed by atoms with Crippen LogP contribution in [0.4, 0.5) is 0 Å². The average Bonchev–Trinajstić information content (AvgIpc) is 2.60. The van der Waals surface area contributed by atoms with Gasteiger partial charge in [0, 0.05) is 6.54 Å². The Labute approximate surface area is 150 Å². The quantitative estimate of drug-likeness (QED) is 0.637. The molecule has 2 aromatic rings. The summed E-state index contributed by atoms with van der Waals surface area (Å²) < 4.78 is 28.1. The zero-order valence-electron chi connectivity index (χ0n) is 14.6. The zero-order valence-corrected chi connectivity index (χ0v) is 15.4. The Morgan fingerprint density at radius 1 is 1.00 bits per heavy atom. The molecule has 0 fully saturated rings. The molecular weight excluding hydrogens is 336 g/mol. The summed E-state index contributed by atoms with van der Waals surface area (Å²) in [7, 11) is -3.62. The molecule has 2 aromatic carbocycles. The molecule has 0 amide bonds. The SMILES string of the molecule is CCCCOc1ccc(CNCCc2ccc(S(N)(=O)=O)cc2)cc1. The molecule has 0 heterocycles. The van der Waals surface area contributed by atoms with Crippen LogP contribution in [0.3, 0.4) is 0 Å². The maximum absolute atomic E-state index is 11.2. The molecule has 0 saturated heterocycles. The Balaban J connectivity index is 1.72. The van der Waals surface area contributed by atoms with Crippen LogP contribution in [0, 0.1) is 0 Å². The van der Waals surface area contributed by atoms with Gasteiger partial charge in [-0.25, -0.2) is 13.6 Å². The van der Waals surface area contributed by atoms with Crippen LogP contribution in [0.5, 0.6) is 5.75 Å². The molecule has 0 saturated carbocycles. The number of rotatable bonds is 10. The second-order valence-electron chi connectivity index (χ2n) is 5.96. The van der Waals surface area contributed by atoms with E-state index in [1.165, 1.54) is 5.56 Å². The number of hydrogen-bond donors (Lipinski definition) is 2. The lowest BCUT2D eigenvalue weighted by Gasteiger charge is -2.08. The molecule has 0 aliphatic rings. The minimum absolute atomic E-state index is 0.144. The maximum Gasteiger partial charge on any atom is 0.238 e.